The highest BCUT2D eigenvalue weighted by atomic mass is 79.9. The van der Waals surface area contributed by atoms with Crippen molar-refractivity contribution in [2.45, 2.75) is 32.0 Å². The van der Waals surface area contributed by atoms with E-state index in [-0.39, 0.29) is 23.6 Å². The number of benzene rings is 1. The Morgan fingerprint density at radius 1 is 1.29 bits per heavy atom. The molecule has 0 aliphatic carbocycles. The molecule has 10 heteroatoms. The van der Waals surface area contributed by atoms with Crippen LogP contribution in [0.4, 0.5) is 16.0 Å². The lowest BCUT2D eigenvalue weighted by Crippen LogP contribution is -2.48. The molecule has 0 spiro atoms. The first-order valence-electron chi connectivity index (χ1n) is 10.1. The number of aromatic nitrogens is 4. The van der Waals surface area contributed by atoms with E-state index in [1.807, 2.05) is 19.1 Å². The molecule has 0 unspecified atom stereocenters. The lowest BCUT2D eigenvalue weighted by molar-refractivity contribution is 0.0608. The Morgan fingerprint density at radius 2 is 2.16 bits per heavy atom. The van der Waals surface area contributed by atoms with Crippen molar-refractivity contribution in [2.75, 3.05) is 18.4 Å². The van der Waals surface area contributed by atoms with Gasteiger partial charge in [-0.1, -0.05) is 6.07 Å². The number of anilines is 2. The van der Waals surface area contributed by atoms with Gasteiger partial charge in [0.15, 0.2) is 0 Å². The van der Waals surface area contributed by atoms with Crippen molar-refractivity contribution in [1.82, 2.24) is 30.0 Å². The zero-order valence-electron chi connectivity index (χ0n) is 16.8. The van der Waals surface area contributed by atoms with Crippen molar-refractivity contribution in [3.05, 3.63) is 63.9 Å². The third-order valence-corrected chi connectivity index (χ3v) is 6.42. The highest BCUT2D eigenvalue weighted by molar-refractivity contribution is 9.10. The summed E-state index contributed by atoms with van der Waals surface area (Å²) in [6.07, 6.45) is 2.55. The number of carbonyl (C=O) groups is 1. The monoisotopic (exact) mass is 485 g/mol. The number of nitrogens with one attached hydrogen (secondary N) is 2. The van der Waals surface area contributed by atoms with Gasteiger partial charge in [-0.3, -0.25) is 14.8 Å². The van der Waals surface area contributed by atoms with Gasteiger partial charge in [-0.25, -0.2) is 14.4 Å². The summed E-state index contributed by atoms with van der Waals surface area (Å²) in [6.45, 7) is 3.85. The molecule has 0 radical (unpaired) electrons. The number of fused-ring (bicyclic) bond motifs is 2. The Kier molecular flexibility index (Phi) is 5.19. The molecule has 8 nitrogen and oxygen atoms in total. The summed E-state index contributed by atoms with van der Waals surface area (Å²) in [4.78, 5) is 26.2. The maximum absolute atomic E-state index is 14.4. The second-order valence-corrected chi connectivity index (χ2v) is 8.79. The number of piperazine rings is 1. The van der Waals surface area contributed by atoms with Gasteiger partial charge < -0.3 is 10.2 Å². The Balaban J connectivity index is 1.27. The van der Waals surface area contributed by atoms with Gasteiger partial charge in [0.1, 0.15) is 23.3 Å². The smallest absolute Gasteiger partial charge is 0.257 e. The number of carbonyl (C=O) groups excluding carboxylic acids is 1. The summed E-state index contributed by atoms with van der Waals surface area (Å²) in [5, 5.41) is 9.98. The van der Waals surface area contributed by atoms with Gasteiger partial charge in [-0.05, 0) is 41.4 Å². The Hall–Kier alpha value is -2.85. The van der Waals surface area contributed by atoms with E-state index in [0.29, 0.717) is 23.4 Å². The summed E-state index contributed by atoms with van der Waals surface area (Å²) < 4.78 is 14.7. The van der Waals surface area contributed by atoms with Crippen molar-refractivity contribution < 1.29 is 9.18 Å². The van der Waals surface area contributed by atoms with Crippen molar-refractivity contribution >= 4 is 33.5 Å². The van der Waals surface area contributed by atoms with Gasteiger partial charge in [0.25, 0.3) is 5.91 Å². The van der Waals surface area contributed by atoms with Gasteiger partial charge in [0.05, 0.1) is 22.8 Å². The standard InChI is InChI=1S/C21H21BrFN7O/c1-12-7-18(26-17-5-6-24-28-17)27-19(25-12)11-29-9-14-8-13(29)10-30(14)21(31)15-3-2-4-16(22)20(15)23/h2-7,13-14H,8-11H2,1H3,(H2,24,25,26,27,28)/t13-,14-/m0/s1. The van der Waals surface area contributed by atoms with E-state index < -0.39 is 5.82 Å². The van der Waals surface area contributed by atoms with E-state index in [0.717, 1.165) is 30.3 Å². The average Bonchev–Trinajstić information content (AvgIpc) is 3.47. The molecule has 2 atom stereocenters. The van der Waals surface area contributed by atoms with E-state index in [2.05, 4.69) is 46.3 Å². The zero-order valence-corrected chi connectivity index (χ0v) is 18.4. The first-order chi connectivity index (χ1) is 15.0. The average molecular weight is 486 g/mol. The van der Waals surface area contributed by atoms with Crippen molar-refractivity contribution in [2.24, 2.45) is 0 Å². The third kappa shape index (κ3) is 3.92. The van der Waals surface area contributed by atoms with Crippen LogP contribution in [-0.2, 0) is 6.54 Å². The van der Waals surface area contributed by atoms with E-state index in [4.69, 9.17) is 0 Å². The quantitative estimate of drug-likeness (QED) is 0.576. The zero-order chi connectivity index (χ0) is 21.5. The molecule has 2 aliphatic rings. The second-order valence-electron chi connectivity index (χ2n) is 7.94. The van der Waals surface area contributed by atoms with Gasteiger partial charge in [-0.2, -0.15) is 5.10 Å². The molecule has 2 N–H and O–H groups in total. The van der Waals surface area contributed by atoms with Crippen LogP contribution < -0.4 is 5.32 Å². The molecule has 160 valence electrons. The topological polar surface area (TPSA) is 90.0 Å². The molecule has 2 aromatic heterocycles. The Labute approximate surface area is 187 Å². The summed E-state index contributed by atoms with van der Waals surface area (Å²) in [5.41, 5.74) is 0.989. The van der Waals surface area contributed by atoms with Crippen LogP contribution >= 0.6 is 15.9 Å². The minimum Gasteiger partial charge on any atom is -0.333 e. The molecule has 2 aliphatic heterocycles. The van der Waals surface area contributed by atoms with Crippen molar-refractivity contribution in [3.8, 4) is 0 Å². The van der Waals surface area contributed by atoms with Crippen LogP contribution in [0.25, 0.3) is 0 Å². The molecule has 4 heterocycles. The predicted octanol–water partition coefficient (Wildman–Crippen LogP) is 3.25. The molecule has 3 aromatic rings. The number of H-pyrrole nitrogens is 1. The molecule has 2 fully saturated rings. The number of hydrogen-bond acceptors (Lipinski definition) is 6. The van der Waals surface area contributed by atoms with Gasteiger partial charge in [0, 0.05) is 43.0 Å². The number of likely N-dealkylation sites (tertiary alicyclic amines) is 2. The number of nitrogens with zero attached hydrogens (tertiary/aromatic N) is 5. The molecule has 1 amide bonds. The molecular weight excluding hydrogens is 465 g/mol. The van der Waals surface area contributed by atoms with E-state index in [1.165, 1.54) is 0 Å². The first-order valence-corrected chi connectivity index (χ1v) is 10.9. The molecular formula is C21H21BrFN7O. The number of aromatic amines is 1. The van der Waals surface area contributed by atoms with Crippen LogP contribution in [0.2, 0.25) is 0 Å². The minimum absolute atomic E-state index is 0.0725. The lowest BCUT2D eigenvalue weighted by atomic mass is 10.1. The van der Waals surface area contributed by atoms with Gasteiger partial charge in [0.2, 0.25) is 0 Å². The van der Waals surface area contributed by atoms with Crippen molar-refractivity contribution in [1.29, 1.82) is 0 Å². The number of hydrogen-bond donors (Lipinski definition) is 2. The maximum Gasteiger partial charge on any atom is 0.257 e. The fraction of sp³-hybridized carbons (Fsp3) is 0.333. The van der Waals surface area contributed by atoms with E-state index >= 15 is 0 Å². The van der Waals surface area contributed by atoms with Crippen LogP contribution in [0.15, 0.2) is 41.0 Å². The van der Waals surface area contributed by atoms with Gasteiger partial charge >= 0.3 is 0 Å². The first kappa shape index (κ1) is 20.1. The maximum atomic E-state index is 14.4. The SMILES string of the molecule is Cc1cc(Nc2ccn[nH]2)nc(CN2C[C@@H]3C[C@H]2CN3C(=O)c2cccc(Br)c2F)n1. The van der Waals surface area contributed by atoms with Crippen LogP contribution in [0.1, 0.15) is 28.3 Å². The third-order valence-electron chi connectivity index (χ3n) is 5.81. The molecule has 5 rings (SSSR count). The van der Waals surface area contributed by atoms with E-state index in [9.17, 15) is 9.18 Å². The number of aryl methyl sites for hydroxylation is 1. The highest BCUT2D eigenvalue weighted by Gasteiger charge is 2.45. The van der Waals surface area contributed by atoms with E-state index in [1.54, 1.807) is 29.3 Å². The number of amides is 1. The predicted molar refractivity (Wildman–Crippen MR) is 116 cm³/mol. The van der Waals surface area contributed by atoms with Gasteiger partial charge in [-0.15, -0.1) is 0 Å². The number of halogens is 2. The Morgan fingerprint density at radius 3 is 2.90 bits per heavy atom. The molecule has 1 aromatic carbocycles. The fourth-order valence-corrected chi connectivity index (χ4v) is 4.79. The summed E-state index contributed by atoms with van der Waals surface area (Å²) in [5.74, 6) is 1.45. The van der Waals surface area contributed by atoms with Crippen LogP contribution in [0.3, 0.4) is 0 Å². The van der Waals surface area contributed by atoms with Crippen LogP contribution in [0, 0.1) is 12.7 Å². The number of rotatable bonds is 5. The fourth-order valence-electron chi connectivity index (χ4n) is 4.43. The molecule has 31 heavy (non-hydrogen) atoms. The normalized spacial score (nSPS) is 20.4. The highest BCUT2D eigenvalue weighted by Crippen LogP contribution is 2.33. The minimum atomic E-state index is -0.502. The van der Waals surface area contributed by atoms with Crippen LogP contribution in [0.5, 0.6) is 0 Å². The summed E-state index contributed by atoms with van der Waals surface area (Å²) >= 11 is 3.16. The lowest BCUT2D eigenvalue weighted by Gasteiger charge is -2.34. The molecule has 2 saturated heterocycles. The summed E-state index contributed by atoms with van der Waals surface area (Å²) in [7, 11) is 0. The van der Waals surface area contributed by atoms with Crippen molar-refractivity contribution in [3.63, 3.8) is 0 Å². The molecule has 2 bridgehead atoms. The molecule has 0 saturated carbocycles. The second kappa shape index (κ2) is 8.01. The largest absolute Gasteiger partial charge is 0.333 e. The van der Waals surface area contributed by atoms with Crippen LogP contribution in [-0.4, -0.2) is 61.0 Å². The summed E-state index contributed by atoms with van der Waals surface area (Å²) in [6, 6.07) is 8.83. The Bertz CT molecular complexity index is 1120.